The largest absolute Gasteiger partial charge is 0.388 e. The van der Waals surface area contributed by atoms with Crippen LogP contribution in [-0.2, 0) is 0 Å². The Balaban J connectivity index is 2.22. The van der Waals surface area contributed by atoms with Crippen LogP contribution in [0.15, 0.2) is 11.4 Å². The maximum Gasteiger partial charge on any atom is 0.0868 e. The molecule has 1 atom stereocenters. The monoisotopic (exact) mass is 197 g/mol. The lowest BCUT2D eigenvalue weighted by molar-refractivity contribution is 0.0974. The zero-order valence-corrected chi connectivity index (χ0v) is 8.60. The summed E-state index contributed by atoms with van der Waals surface area (Å²) in [7, 11) is 0. The summed E-state index contributed by atoms with van der Waals surface area (Å²) in [6.07, 6.45) is 1.80. The van der Waals surface area contributed by atoms with Crippen LogP contribution in [0.5, 0.6) is 0 Å². The summed E-state index contributed by atoms with van der Waals surface area (Å²) in [5.74, 6) is 0. The third-order valence-electron chi connectivity index (χ3n) is 3.07. The number of rotatable bonds is 3. The maximum atomic E-state index is 10.1. The van der Waals surface area contributed by atoms with Crippen molar-refractivity contribution >= 4 is 11.3 Å². The van der Waals surface area contributed by atoms with E-state index in [0.717, 1.165) is 18.4 Å². The fourth-order valence-electron chi connectivity index (χ4n) is 1.76. The molecule has 3 N–H and O–H groups in total. The van der Waals surface area contributed by atoms with Crippen molar-refractivity contribution in [3.8, 4) is 0 Å². The molecule has 1 aliphatic carbocycles. The van der Waals surface area contributed by atoms with Gasteiger partial charge in [0.1, 0.15) is 0 Å². The lowest BCUT2D eigenvalue weighted by Crippen LogP contribution is -2.23. The van der Waals surface area contributed by atoms with Gasteiger partial charge in [0.05, 0.1) is 6.10 Å². The normalized spacial score (nSPS) is 21.5. The molecule has 2 rings (SSSR count). The molecule has 0 radical (unpaired) electrons. The molecule has 0 aliphatic heterocycles. The fraction of sp³-hybridized carbons (Fsp3) is 0.600. The molecule has 0 bridgehead atoms. The van der Waals surface area contributed by atoms with Crippen molar-refractivity contribution in [3.05, 3.63) is 21.9 Å². The van der Waals surface area contributed by atoms with Gasteiger partial charge in [-0.15, -0.1) is 11.3 Å². The summed E-state index contributed by atoms with van der Waals surface area (Å²) >= 11 is 1.69. The van der Waals surface area contributed by atoms with Crippen molar-refractivity contribution in [1.82, 2.24) is 0 Å². The number of thiophene rings is 1. The SMILES string of the molecule is Cc1sccc1C(O)C1(CN)CC1. The van der Waals surface area contributed by atoms with E-state index in [0.29, 0.717) is 6.54 Å². The van der Waals surface area contributed by atoms with Crippen LogP contribution in [0, 0.1) is 12.3 Å². The van der Waals surface area contributed by atoms with E-state index in [4.69, 9.17) is 5.73 Å². The lowest BCUT2D eigenvalue weighted by Gasteiger charge is -2.20. The first kappa shape index (κ1) is 9.19. The zero-order valence-electron chi connectivity index (χ0n) is 7.79. The van der Waals surface area contributed by atoms with Crippen molar-refractivity contribution in [2.45, 2.75) is 25.9 Å². The van der Waals surface area contributed by atoms with Gasteiger partial charge in [0.25, 0.3) is 0 Å². The van der Waals surface area contributed by atoms with Gasteiger partial charge in [0.15, 0.2) is 0 Å². The van der Waals surface area contributed by atoms with Gasteiger partial charge < -0.3 is 10.8 Å². The number of aryl methyl sites for hydroxylation is 1. The van der Waals surface area contributed by atoms with E-state index in [-0.39, 0.29) is 11.5 Å². The molecule has 1 aromatic heterocycles. The first-order valence-corrected chi connectivity index (χ1v) is 5.50. The van der Waals surface area contributed by atoms with E-state index in [9.17, 15) is 5.11 Å². The predicted octanol–water partition coefficient (Wildman–Crippen LogP) is 1.83. The topological polar surface area (TPSA) is 46.2 Å². The average Bonchev–Trinajstić information content (AvgIpc) is 2.83. The van der Waals surface area contributed by atoms with Crippen molar-refractivity contribution in [3.63, 3.8) is 0 Å². The molecule has 2 nitrogen and oxygen atoms in total. The molecule has 13 heavy (non-hydrogen) atoms. The van der Waals surface area contributed by atoms with Gasteiger partial charge in [-0.05, 0) is 36.8 Å². The summed E-state index contributed by atoms with van der Waals surface area (Å²) < 4.78 is 0. The Labute approximate surface area is 82.4 Å². The molecule has 1 heterocycles. The molecule has 0 aromatic carbocycles. The summed E-state index contributed by atoms with van der Waals surface area (Å²) in [6.45, 7) is 2.65. The van der Waals surface area contributed by atoms with Crippen molar-refractivity contribution in [2.24, 2.45) is 11.1 Å². The highest BCUT2D eigenvalue weighted by Gasteiger charge is 2.48. The Morgan fingerprint density at radius 1 is 1.69 bits per heavy atom. The minimum absolute atomic E-state index is 0.00579. The van der Waals surface area contributed by atoms with Crippen LogP contribution in [0.25, 0.3) is 0 Å². The fourth-order valence-corrected chi connectivity index (χ4v) is 2.49. The second-order valence-corrected chi connectivity index (χ2v) is 5.02. The quantitative estimate of drug-likeness (QED) is 0.776. The smallest absolute Gasteiger partial charge is 0.0868 e. The second kappa shape index (κ2) is 3.08. The molecule has 1 aliphatic rings. The van der Waals surface area contributed by atoms with E-state index in [2.05, 4.69) is 6.92 Å². The van der Waals surface area contributed by atoms with Gasteiger partial charge in [-0.1, -0.05) is 0 Å². The summed E-state index contributed by atoms with van der Waals surface area (Å²) in [6, 6.07) is 2.01. The van der Waals surface area contributed by atoms with E-state index < -0.39 is 0 Å². The highest BCUT2D eigenvalue weighted by atomic mass is 32.1. The van der Waals surface area contributed by atoms with Crippen LogP contribution in [0.4, 0.5) is 0 Å². The molecule has 1 saturated carbocycles. The van der Waals surface area contributed by atoms with Crippen molar-refractivity contribution in [1.29, 1.82) is 0 Å². The Morgan fingerprint density at radius 2 is 2.38 bits per heavy atom. The summed E-state index contributed by atoms with van der Waals surface area (Å²) in [5.41, 5.74) is 6.75. The lowest BCUT2D eigenvalue weighted by atomic mass is 9.93. The molecule has 0 amide bonds. The van der Waals surface area contributed by atoms with Crippen LogP contribution in [0.1, 0.15) is 29.4 Å². The highest BCUT2D eigenvalue weighted by Crippen LogP contribution is 2.54. The molecular formula is C10H15NOS. The first-order valence-electron chi connectivity index (χ1n) is 4.62. The third-order valence-corrected chi connectivity index (χ3v) is 3.93. The average molecular weight is 197 g/mol. The number of hydrogen-bond acceptors (Lipinski definition) is 3. The van der Waals surface area contributed by atoms with Gasteiger partial charge >= 0.3 is 0 Å². The molecule has 3 heteroatoms. The molecule has 72 valence electrons. The molecular weight excluding hydrogens is 182 g/mol. The van der Waals surface area contributed by atoms with Crippen LogP contribution in [0.3, 0.4) is 0 Å². The molecule has 1 unspecified atom stereocenters. The van der Waals surface area contributed by atoms with Crippen LogP contribution in [-0.4, -0.2) is 11.7 Å². The Hall–Kier alpha value is -0.380. The van der Waals surface area contributed by atoms with E-state index >= 15 is 0 Å². The molecule has 1 fully saturated rings. The maximum absolute atomic E-state index is 10.1. The minimum Gasteiger partial charge on any atom is -0.388 e. The zero-order chi connectivity index (χ0) is 9.47. The molecule has 1 aromatic rings. The third kappa shape index (κ3) is 1.41. The standard InChI is InChI=1S/C10H15NOS/c1-7-8(2-5-13-7)9(12)10(6-11)3-4-10/h2,5,9,12H,3-4,6,11H2,1H3. The number of hydrogen-bond donors (Lipinski definition) is 2. The van der Waals surface area contributed by atoms with Crippen LogP contribution < -0.4 is 5.73 Å². The van der Waals surface area contributed by atoms with E-state index in [1.165, 1.54) is 4.88 Å². The van der Waals surface area contributed by atoms with Crippen LogP contribution >= 0.6 is 11.3 Å². The first-order chi connectivity index (χ1) is 6.19. The Bertz CT molecular complexity index is 304. The highest BCUT2D eigenvalue weighted by molar-refractivity contribution is 7.10. The molecule has 0 spiro atoms. The van der Waals surface area contributed by atoms with Gasteiger partial charge in [-0.3, -0.25) is 0 Å². The van der Waals surface area contributed by atoms with E-state index in [1.807, 2.05) is 11.4 Å². The predicted molar refractivity (Wildman–Crippen MR) is 54.7 cm³/mol. The van der Waals surface area contributed by atoms with Gasteiger partial charge in [0, 0.05) is 16.8 Å². The van der Waals surface area contributed by atoms with Crippen LogP contribution in [0.2, 0.25) is 0 Å². The minimum atomic E-state index is -0.344. The van der Waals surface area contributed by atoms with Crippen molar-refractivity contribution in [2.75, 3.05) is 6.54 Å². The van der Waals surface area contributed by atoms with E-state index in [1.54, 1.807) is 11.3 Å². The number of nitrogens with two attached hydrogens (primary N) is 1. The summed E-state index contributed by atoms with van der Waals surface area (Å²) in [5, 5.41) is 12.1. The Morgan fingerprint density at radius 3 is 2.77 bits per heavy atom. The molecule has 0 saturated heterocycles. The van der Waals surface area contributed by atoms with Gasteiger partial charge in [0.2, 0.25) is 0 Å². The Kier molecular flexibility index (Phi) is 2.18. The van der Waals surface area contributed by atoms with Gasteiger partial charge in [-0.25, -0.2) is 0 Å². The van der Waals surface area contributed by atoms with Gasteiger partial charge in [-0.2, -0.15) is 0 Å². The number of aliphatic hydroxyl groups excluding tert-OH is 1. The van der Waals surface area contributed by atoms with Crippen molar-refractivity contribution < 1.29 is 5.11 Å². The number of aliphatic hydroxyl groups is 1. The second-order valence-electron chi connectivity index (χ2n) is 3.90. The summed E-state index contributed by atoms with van der Waals surface area (Å²) in [4.78, 5) is 1.22.